The van der Waals surface area contributed by atoms with E-state index in [2.05, 4.69) is 27.6 Å². The van der Waals surface area contributed by atoms with Crippen molar-refractivity contribution in [1.29, 1.82) is 0 Å². The van der Waals surface area contributed by atoms with E-state index in [1.54, 1.807) is 6.08 Å². The molecule has 0 saturated carbocycles. The predicted octanol–water partition coefficient (Wildman–Crippen LogP) is 4.74. The van der Waals surface area contributed by atoms with E-state index in [1.165, 1.54) is 0 Å². The van der Waals surface area contributed by atoms with Crippen LogP contribution in [-0.2, 0) is 9.53 Å². The Hall–Kier alpha value is -2.35. The van der Waals surface area contributed by atoms with Gasteiger partial charge >= 0.3 is 5.97 Å². The molecule has 0 fully saturated rings. The molecule has 1 aliphatic rings. The Morgan fingerprint density at radius 1 is 1.07 bits per heavy atom. The summed E-state index contributed by atoms with van der Waals surface area (Å²) in [5.74, 6) is 1.17. The Morgan fingerprint density at radius 3 is 2.52 bits per heavy atom. The van der Waals surface area contributed by atoms with E-state index < -0.39 is 5.97 Å². The molecule has 140 valence electrons. The van der Waals surface area contributed by atoms with Crippen molar-refractivity contribution in [1.82, 2.24) is 0 Å². The first-order valence-corrected chi connectivity index (χ1v) is 9.78. The second-order valence-corrected chi connectivity index (χ2v) is 7.03. The summed E-state index contributed by atoms with van der Waals surface area (Å²) >= 11 is 2.26. The van der Waals surface area contributed by atoms with Gasteiger partial charge in [-0.3, -0.25) is 0 Å². The number of carbonyl (C=O) groups excluding carboxylic acids is 1. The van der Waals surface area contributed by atoms with Gasteiger partial charge in [0.15, 0.2) is 17.2 Å². The first-order chi connectivity index (χ1) is 13.0. The number of halogens is 1. The van der Waals surface area contributed by atoms with Gasteiger partial charge in [0.25, 0.3) is 0 Å². The highest BCUT2D eigenvalue weighted by molar-refractivity contribution is 14.1. The summed E-state index contributed by atoms with van der Waals surface area (Å²) in [4.78, 5) is 16.6. The number of nitrogens with zero attached hydrogens (tertiary/aromatic N) is 1. The van der Waals surface area contributed by atoms with E-state index in [-0.39, 0.29) is 5.70 Å². The summed E-state index contributed by atoms with van der Waals surface area (Å²) in [6.45, 7) is 6.92. The van der Waals surface area contributed by atoms with Crippen molar-refractivity contribution in [2.24, 2.45) is 4.99 Å². The molecule has 0 amide bonds. The molecular formula is C21H20INO4. The molecule has 0 spiro atoms. The van der Waals surface area contributed by atoms with E-state index in [1.807, 2.05) is 57.2 Å². The summed E-state index contributed by atoms with van der Waals surface area (Å²) in [5.41, 5.74) is 2.94. The Kier molecular flexibility index (Phi) is 6.15. The quantitative estimate of drug-likeness (QED) is 0.343. The van der Waals surface area contributed by atoms with Crippen LogP contribution in [0.15, 0.2) is 47.1 Å². The first-order valence-electron chi connectivity index (χ1n) is 8.70. The molecule has 0 unspecified atom stereocenters. The van der Waals surface area contributed by atoms with Crippen LogP contribution in [0.1, 0.15) is 30.5 Å². The number of rotatable bonds is 6. The van der Waals surface area contributed by atoms with Gasteiger partial charge in [-0.15, -0.1) is 0 Å². The highest BCUT2D eigenvalue weighted by Crippen LogP contribution is 2.30. The molecule has 1 aliphatic heterocycles. The number of cyclic esters (lactones) is 1. The number of hydrogen-bond donors (Lipinski definition) is 0. The van der Waals surface area contributed by atoms with Gasteiger partial charge in [0.1, 0.15) is 0 Å². The van der Waals surface area contributed by atoms with Crippen molar-refractivity contribution in [3.8, 4) is 11.5 Å². The summed E-state index contributed by atoms with van der Waals surface area (Å²) < 4.78 is 17.7. The Morgan fingerprint density at radius 2 is 1.81 bits per heavy atom. The van der Waals surface area contributed by atoms with Gasteiger partial charge in [-0.2, -0.15) is 0 Å². The predicted molar refractivity (Wildman–Crippen MR) is 113 cm³/mol. The molecule has 0 radical (unpaired) electrons. The minimum absolute atomic E-state index is 0.257. The third-order valence-electron chi connectivity index (χ3n) is 3.90. The van der Waals surface area contributed by atoms with Crippen molar-refractivity contribution < 1.29 is 19.0 Å². The summed E-state index contributed by atoms with van der Waals surface area (Å²) in [6.07, 6.45) is 1.69. The molecule has 0 saturated heterocycles. The van der Waals surface area contributed by atoms with E-state index in [0.29, 0.717) is 30.6 Å². The van der Waals surface area contributed by atoms with Crippen LogP contribution in [0.25, 0.3) is 6.08 Å². The Balaban J connectivity index is 1.92. The molecule has 2 aromatic rings. The molecule has 0 bridgehead atoms. The molecule has 6 heteroatoms. The molecule has 0 N–H and O–H groups in total. The molecule has 0 aliphatic carbocycles. The van der Waals surface area contributed by atoms with Crippen LogP contribution in [0.5, 0.6) is 11.5 Å². The van der Waals surface area contributed by atoms with Crippen LogP contribution in [0.3, 0.4) is 0 Å². The lowest BCUT2D eigenvalue weighted by atomic mass is 10.1. The average Bonchev–Trinajstić information content (AvgIpc) is 3.00. The maximum atomic E-state index is 12.2. The SMILES string of the molecule is CCOc1ccc(/C=C2\N=C(c3ccc(I)c(C)c3)OC2=O)cc1OCC. The zero-order valence-electron chi connectivity index (χ0n) is 15.4. The van der Waals surface area contributed by atoms with Gasteiger partial charge in [-0.1, -0.05) is 6.07 Å². The third kappa shape index (κ3) is 4.50. The van der Waals surface area contributed by atoms with Crippen LogP contribution >= 0.6 is 22.6 Å². The van der Waals surface area contributed by atoms with Crippen LogP contribution in [-0.4, -0.2) is 25.1 Å². The number of hydrogen-bond acceptors (Lipinski definition) is 5. The molecule has 27 heavy (non-hydrogen) atoms. The Bertz CT molecular complexity index is 934. The van der Waals surface area contributed by atoms with Gasteiger partial charge in [-0.25, -0.2) is 9.79 Å². The van der Waals surface area contributed by atoms with Crippen LogP contribution < -0.4 is 9.47 Å². The molecule has 0 aromatic heterocycles. The van der Waals surface area contributed by atoms with Gasteiger partial charge in [0.05, 0.1) is 13.2 Å². The minimum atomic E-state index is -0.465. The van der Waals surface area contributed by atoms with Crippen molar-refractivity contribution in [3.63, 3.8) is 0 Å². The second-order valence-electron chi connectivity index (χ2n) is 5.87. The van der Waals surface area contributed by atoms with Crippen molar-refractivity contribution in [3.05, 3.63) is 62.4 Å². The highest BCUT2D eigenvalue weighted by Gasteiger charge is 2.24. The normalized spacial score (nSPS) is 14.9. The van der Waals surface area contributed by atoms with Crippen molar-refractivity contribution in [2.45, 2.75) is 20.8 Å². The molecule has 0 atom stereocenters. The van der Waals surface area contributed by atoms with Gasteiger partial charge in [0.2, 0.25) is 5.90 Å². The van der Waals surface area contributed by atoms with Gasteiger partial charge < -0.3 is 14.2 Å². The monoisotopic (exact) mass is 477 g/mol. The lowest BCUT2D eigenvalue weighted by Gasteiger charge is -2.11. The Labute approximate surface area is 172 Å². The number of carbonyl (C=O) groups is 1. The molecule has 3 rings (SSSR count). The van der Waals surface area contributed by atoms with Crippen molar-refractivity contribution in [2.75, 3.05) is 13.2 Å². The average molecular weight is 477 g/mol. The molecular weight excluding hydrogens is 457 g/mol. The number of aliphatic imine (C=N–C) groups is 1. The largest absolute Gasteiger partial charge is 0.490 e. The maximum Gasteiger partial charge on any atom is 0.363 e. The fourth-order valence-electron chi connectivity index (χ4n) is 2.63. The van der Waals surface area contributed by atoms with Crippen molar-refractivity contribution >= 4 is 40.5 Å². The summed E-state index contributed by atoms with van der Waals surface area (Å²) in [6, 6.07) is 11.3. The highest BCUT2D eigenvalue weighted by atomic mass is 127. The van der Waals surface area contributed by atoms with Crippen LogP contribution in [0.2, 0.25) is 0 Å². The smallest absolute Gasteiger partial charge is 0.363 e. The van der Waals surface area contributed by atoms with E-state index in [0.717, 1.165) is 20.3 Å². The molecule has 5 nitrogen and oxygen atoms in total. The summed E-state index contributed by atoms with van der Waals surface area (Å²) in [5, 5.41) is 0. The number of benzene rings is 2. The zero-order chi connectivity index (χ0) is 19.4. The fourth-order valence-corrected chi connectivity index (χ4v) is 2.96. The van der Waals surface area contributed by atoms with E-state index in [4.69, 9.17) is 14.2 Å². The minimum Gasteiger partial charge on any atom is -0.490 e. The number of aryl methyl sites for hydroxylation is 1. The fraction of sp³-hybridized carbons (Fsp3) is 0.238. The van der Waals surface area contributed by atoms with Gasteiger partial charge in [0, 0.05) is 9.13 Å². The van der Waals surface area contributed by atoms with Crippen LogP contribution in [0.4, 0.5) is 0 Å². The van der Waals surface area contributed by atoms with E-state index in [9.17, 15) is 4.79 Å². The van der Waals surface area contributed by atoms with Crippen LogP contribution in [0, 0.1) is 10.5 Å². The standard InChI is InChI=1S/C21H20INO4/c1-4-25-18-9-6-14(12-19(18)26-5-2)11-17-21(24)27-20(23-17)15-7-8-16(22)13(3)10-15/h6-12H,4-5H2,1-3H3/b17-11-. The lowest BCUT2D eigenvalue weighted by molar-refractivity contribution is -0.129. The maximum absolute atomic E-state index is 12.2. The first kappa shape index (κ1) is 19.4. The van der Waals surface area contributed by atoms with E-state index >= 15 is 0 Å². The molecule has 1 heterocycles. The lowest BCUT2D eigenvalue weighted by Crippen LogP contribution is -2.05. The zero-order valence-corrected chi connectivity index (χ0v) is 17.6. The molecule has 2 aromatic carbocycles. The third-order valence-corrected chi connectivity index (χ3v) is 5.11. The number of esters is 1. The second kappa shape index (κ2) is 8.56. The number of ether oxygens (including phenoxy) is 3. The summed E-state index contributed by atoms with van der Waals surface area (Å²) in [7, 11) is 0. The topological polar surface area (TPSA) is 57.1 Å². The van der Waals surface area contributed by atoms with Gasteiger partial charge in [-0.05, 0) is 90.9 Å².